The maximum absolute atomic E-state index is 12.7. The first-order chi connectivity index (χ1) is 15.3. The van der Waals surface area contributed by atoms with E-state index in [-0.39, 0.29) is 11.9 Å². The van der Waals surface area contributed by atoms with Gasteiger partial charge in [0, 0.05) is 36.8 Å². The average Bonchev–Trinajstić information content (AvgIpc) is 3.26. The van der Waals surface area contributed by atoms with Gasteiger partial charge in [0.1, 0.15) is 5.82 Å². The molecule has 31 heavy (non-hydrogen) atoms. The molecule has 2 aliphatic heterocycles. The number of ether oxygens (including phenoxy) is 1. The highest BCUT2D eigenvalue weighted by Gasteiger charge is 2.29. The number of hydrogen-bond donors (Lipinski definition) is 1. The van der Waals surface area contributed by atoms with Crippen LogP contribution < -0.4 is 5.32 Å². The van der Waals surface area contributed by atoms with Crippen LogP contribution >= 0.6 is 0 Å². The van der Waals surface area contributed by atoms with Gasteiger partial charge in [0.05, 0.1) is 30.3 Å². The van der Waals surface area contributed by atoms with E-state index in [0.29, 0.717) is 18.1 Å². The normalized spacial score (nSPS) is 21.4. The van der Waals surface area contributed by atoms with E-state index in [1.165, 1.54) is 17.4 Å². The van der Waals surface area contributed by atoms with Crippen LogP contribution in [0.25, 0.3) is 10.9 Å². The summed E-state index contributed by atoms with van der Waals surface area (Å²) < 4.78 is 5.80. The Morgan fingerprint density at radius 2 is 1.90 bits per heavy atom. The van der Waals surface area contributed by atoms with Gasteiger partial charge in [-0.25, -0.2) is 4.98 Å². The molecule has 2 saturated heterocycles. The minimum absolute atomic E-state index is 0.0883. The van der Waals surface area contributed by atoms with Gasteiger partial charge in [-0.05, 0) is 55.5 Å². The summed E-state index contributed by atoms with van der Waals surface area (Å²) in [6.07, 6.45) is 7.90. The van der Waals surface area contributed by atoms with E-state index < -0.39 is 0 Å². The Morgan fingerprint density at radius 1 is 1.03 bits per heavy atom. The number of anilines is 1. The standard InChI is InChI=1S/C25H28N4O2/c30-25(29-12-4-1-5-13-29)19-8-9-24(27-15-19)28-23-17-31-16-20(23)14-18-10-11-26-22-7-3-2-6-21(18)22/h2-3,6-11,15,20,23H,1,4-5,12-14,16-17H2,(H,27,28)/t20-,23+/m1/s1. The zero-order valence-electron chi connectivity index (χ0n) is 17.7. The summed E-state index contributed by atoms with van der Waals surface area (Å²) in [6, 6.07) is 14.4. The molecule has 2 aromatic heterocycles. The topological polar surface area (TPSA) is 67.3 Å². The first-order valence-corrected chi connectivity index (χ1v) is 11.2. The fraction of sp³-hybridized carbons (Fsp3) is 0.400. The Labute approximate surface area is 182 Å². The molecule has 2 fully saturated rings. The summed E-state index contributed by atoms with van der Waals surface area (Å²) in [4.78, 5) is 23.6. The van der Waals surface area contributed by atoms with Crippen molar-refractivity contribution in [2.75, 3.05) is 31.6 Å². The van der Waals surface area contributed by atoms with Crippen molar-refractivity contribution in [3.8, 4) is 0 Å². The van der Waals surface area contributed by atoms with Gasteiger partial charge in [0.15, 0.2) is 0 Å². The molecule has 1 N–H and O–H groups in total. The van der Waals surface area contributed by atoms with Crippen LogP contribution in [0.1, 0.15) is 35.2 Å². The van der Waals surface area contributed by atoms with Crippen LogP contribution in [0.2, 0.25) is 0 Å². The second kappa shape index (κ2) is 9.02. The second-order valence-corrected chi connectivity index (χ2v) is 8.52. The number of benzene rings is 1. The molecule has 3 aromatic rings. The molecular formula is C25H28N4O2. The molecule has 0 spiro atoms. The number of nitrogens with zero attached hydrogens (tertiary/aromatic N) is 3. The largest absolute Gasteiger partial charge is 0.379 e. The van der Waals surface area contributed by atoms with Crippen LogP contribution in [0.3, 0.4) is 0 Å². The number of pyridine rings is 2. The number of nitrogens with one attached hydrogen (secondary N) is 1. The van der Waals surface area contributed by atoms with E-state index in [1.54, 1.807) is 6.20 Å². The number of rotatable bonds is 5. The number of amides is 1. The lowest BCUT2D eigenvalue weighted by atomic mass is 9.93. The molecule has 5 rings (SSSR count). The summed E-state index contributed by atoms with van der Waals surface area (Å²) in [5.41, 5.74) is 2.98. The first kappa shape index (κ1) is 19.9. The van der Waals surface area contributed by atoms with Gasteiger partial charge in [0.25, 0.3) is 5.91 Å². The number of fused-ring (bicyclic) bond motifs is 1. The number of aromatic nitrogens is 2. The van der Waals surface area contributed by atoms with Gasteiger partial charge in [-0.1, -0.05) is 18.2 Å². The second-order valence-electron chi connectivity index (χ2n) is 8.52. The van der Waals surface area contributed by atoms with Gasteiger partial charge in [-0.15, -0.1) is 0 Å². The highest BCUT2D eigenvalue weighted by Crippen LogP contribution is 2.26. The zero-order chi connectivity index (χ0) is 21.0. The quantitative estimate of drug-likeness (QED) is 0.683. The van der Waals surface area contributed by atoms with Crippen molar-refractivity contribution >= 4 is 22.6 Å². The lowest BCUT2D eigenvalue weighted by Gasteiger charge is -2.26. The SMILES string of the molecule is O=C(c1ccc(N[C@H]2COC[C@H]2Cc2ccnc3ccccc23)nc1)N1CCCCC1. The molecule has 1 amide bonds. The van der Waals surface area contributed by atoms with Crippen LogP contribution in [0.4, 0.5) is 5.82 Å². The average molecular weight is 417 g/mol. The Hall–Kier alpha value is -2.99. The minimum atomic E-state index is 0.0883. The molecule has 2 atom stereocenters. The maximum atomic E-state index is 12.7. The summed E-state index contributed by atoms with van der Waals surface area (Å²) in [5.74, 6) is 1.22. The summed E-state index contributed by atoms with van der Waals surface area (Å²) in [5, 5.41) is 4.73. The van der Waals surface area contributed by atoms with Gasteiger partial charge < -0.3 is 15.0 Å². The Balaban J connectivity index is 1.25. The molecule has 0 aliphatic carbocycles. The lowest BCUT2D eigenvalue weighted by Crippen LogP contribution is -2.35. The summed E-state index contributed by atoms with van der Waals surface area (Å²) >= 11 is 0. The zero-order valence-corrected chi connectivity index (χ0v) is 17.7. The molecule has 0 unspecified atom stereocenters. The van der Waals surface area contributed by atoms with Crippen LogP contribution in [0.15, 0.2) is 54.9 Å². The van der Waals surface area contributed by atoms with E-state index in [4.69, 9.17) is 4.74 Å². The minimum Gasteiger partial charge on any atom is -0.379 e. The van der Waals surface area contributed by atoms with Crippen LogP contribution in [0, 0.1) is 5.92 Å². The number of para-hydroxylation sites is 1. The molecule has 1 aromatic carbocycles. The van der Waals surface area contributed by atoms with Crippen LogP contribution in [-0.4, -0.2) is 53.1 Å². The molecule has 6 nitrogen and oxygen atoms in total. The molecule has 4 heterocycles. The smallest absolute Gasteiger partial charge is 0.255 e. The number of hydrogen-bond acceptors (Lipinski definition) is 5. The lowest BCUT2D eigenvalue weighted by molar-refractivity contribution is 0.0724. The summed E-state index contributed by atoms with van der Waals surface area (Å²) in [7, 11) is 0. The van der Waals surface area contributed by atoms with Crippen molar-refractivity contribution in [1.82, 2.24) is 14.9 Å². The van der Waals surface area contributed by atoms with Crippen molar-refractivity contribution in [1.29, 1.82) is 0 Å². The van der Waals surface area contributed by atoms with Gasteiger partial charge in [-0.3, -0.25) is 9.78 Å². The van der Waals surface area contributed by atoms with E-state index in [0.717, 1.165) is 50.3 Å². The number of carbonyl (C=O) groups excluding carboxylic acids is 1. The Kier molecular flexibility index (Phi) is 5.80. The van der Waals surface area contributed by atoms with Crippen molar-refractivity contribution < 1.29 is 9.53 Å². The van der Waals surface area contributed by atoms with E-state index in [9.17, 15) is 4.79 Å². The van der Waals surface area contributed by atoms with Crippen molar-refractivity contribution in [2.24, 2.45) is 5.92 Å². The molecule has 0 saturated carbocycles. The molecule has 0 radical (unpaired) electrons. The van der Waals surface area contributed by atoms with E-state index in [1.807, 2.05) is 29.3 Å². The Morgan fingerprint density at radius 3 is 2.74 bits per heavy atom. The van der Waals surface area contributed by atoms with Crippen LogP contribution in [-0.2, 0) is 11.2 Å². The molecule has 160 valence electrons. The fourth-order valence-electron chi connectivity index (χ4n) is 4.65. The molecule has 6 heteroatoms. The van der Waals surface area contributed by atoms with E-state index >= 15 is 0 Å². The number of likely N-dealkylation sites (tertiary alicyclic amines) is 1. The number of carbonyl (C=O) groups is 1. The van der Waals surface area contributed by atoms with Crippen molar-refractivity contribution in [3.05, 3.63) is 66.0 Å². The highest BCUT2D eigenvalue weighted by atomic mass is 16.5. The van der Waals surface area contributed by atoms with Gasteiger partial charge >= 0.3 is 0 Å². The van der Waals surface area contributed by atoms with Gasteiger partial charge in [-0.2, -0.15) is 0 Å². The molecular weight excluding hydrogens is 388 g/mol. The van der Waals surface area contributed by atoms with Crippen molar-refractivity contribution in [2.45, 2.75) is 31.7 Å². The van der Waals surface area contributed by atoms with E-state index in [2.05, 4.69) is 39.6 Å². The molecule has 0 bridgehead atoms. The van der Waals surface area contributed by atoms with Crippen LogP contribution in [0.5, 0.6) is 0 Å². The fourth-order valence-corrected chi connectivity index (χ4v) is 4.65. The third-order valence-electron chi connectivity index (χ3n) is 6.41. The number of piperidine rings is 1. The predicted octanol–water partition coefficient (Wildman–Crippen LogP) is 3.93. The maximum Gasteiger partial charge on any atom is 0.255 e. The highest BCUT2D eigenvalue weighted by molar-refractivity contribution is 5.94. The Bertz CT molecular complexity index is 1040. The monoisotopic (exact) mass is 416 g/mol. The van der Waals surface area contributed by atoms with Crippen molar-refractivity contribution in [3.63, 3.8) is 0 Å². The van der Waals surface area contributed by atoms with Gasteiger partial charge in [0.2, 0.25) is 0 Å². The molecule has 2 aliphatic rings. The third kappa shape index (κ3) is 4.39. The third-order valence-corrected chi connectivity index (χ3v) is 6.41. The predicted molar refractivity (Wildman–Crippen MR) is 121 cm³/mol. The summed E-state index contributed by atoms with van der Waals surface area (Å²) in [6.45, 7) is 3.08. The first-order valence-electron chi connectivity index (χ1n) is 11.2.